The van der Waals surface area contributed by atoms with Crippen LogP contribution in [0.25, 0.3) is 11.1 Å². The molecule has 0 atom stereocenters. The number of pyridine rings is 1. The number of amides is 1. The molecule has 1 amide bonds. The van der Waals surface area contributed by atoms with Crippen LogP contribution in [-0.2, 0) is 0 Å². The molecule has 1 aromatic heterocycles. The highest BCUT2D eigenvalue weighted by atomic mass is 35.5. The summed E-state index contributed by atoms with van der Waals surface area (Å²) in [5, 5.41) is 13.0. The summed E-state index contributed by atoms with van der Waals surface area (Å²) in [4.78, 5) is 17.5. The minimum Gasteiger partial charge on any atom is -0.477 e. The number of carbonyl (C=O) groups is 1. The third kappa shape index (κ3) is 3.83. The molecule has 5 nitrogen and oxygen atoms in total. The summed E-state index contributed by atoms with van der Waals surface area (Å²) in [5.74, 6) is -0.174. The molecule has 3 rings (SSSR count). The van der Waals surface area contributed by atoms with Crippen molar-refractivity contribution in [2.45, 2.75) is 13.8 Å². The molecule has 1 N–H and O–H groups in total. The first-order valence-corrected chi connectivity index (χ1v) is 9.13. The van der Waals surface area contributed by atoms with Gasteiger partial charge in [-0.1, -0.05) is 54.1 Å². The molecule has 140 valence electrons. The van der Waals surface area contributed by atoms with Crippen molar-refractivity contribution in [2.75, 3.05) is 11.9 Å². The van der Waals surface area contributed by atoms with Gasteiger partial charge in [0.1, 0.15) is 11.6 Å². The Balaban J connectivity index is 2.21. The lowest BCUT2D eigenvalue weighted by Gasteiger charge is -2.17. The molecule has 0 bridgehead atoms. The SMILES string of the molecule is CCOc1nc(C)c(C(=O)Nc2ccccc2Cl)c(-c2ccccc2)c1C#N. The van der Waals surface area contributed by atoms with Crippen LogP contribution in [0.4, 0.5) is 5.69 Å². The first-order chi connectivity index (χ1) is 13.6. The Kier molecular flexibility index (Phi) is 5.93. The van der Waals surface area contributed by atoms with Crippen LogP contribution in [0.2, 0.25) is 5.02 Å². The topological polar surface area (TPSA) is 75.0 Å². The van der Waals surface area contributed by atoms with Crippen LogP contribution in [0.5, 0.6) is 5.88 Å². The number of rotatable bonds is 5. The number of hydrogen-bond donors (Lipinski definition) is 1. The van der Waals surface area contributed by atoms with Crippen molar-refractivity contribution in [3.05, 3.63) is 76.4 Å². The fraction of sp³-hybridized carbons (Fsp3) is 0.136. The van der Waals surface area contributed by atoms with Gasteiger partial charge in [0.15, 0.2) is 0 Å². The van der Waals surface area contributed by atoms with E-state index in [9.17, 15) is 10.1 Å². The van der Waals surface area contributed by atoms with E-state index in [-0.39, 0.29) is 11.4 Å². The average molecular weight is 392 g/mol. The highest BCUT2D eigenvalue weighted by Gasteiger charge is 2.25. The number of para-hydroxylation sites is 1. The quantitative estimate of drug-likeness (QED) is 0.645. The molecule has 1 heterocycles. The second kappa shape index (κ2) is 8.55. The monoisotopic (exact) mass is 391 g/mol. The van der Waals surface area contributed by atoms with E-state index >= 15 is 0 Å². The summed E-state index contributed by atoms with van der Waals surface area (Å²) in [7, 11) is 0. The minimum absolute atomic E-state index is 0.218. The predicted octanol–water partition coefficient (Wildman–Crippen LogP) is 5.23. The molecule has 6 heteroatoms. The van der Waals surface area contributed by atoms with Crippen molar-refractivity contribution in [1.82, 2.24) is 4.98 Å². The molecule has 0 aliphatic heterocycles. The maximum Gasteiger partial charge on any atom is 0.258 e. The molecule has 0 saturated heterocycles. The summed E-state index contributed by atoms with van der Waals surface area (Å²) >= 11 is 6.17. The van der Waals surface area contributed by atoms with E-state index in [4.69, 9.17) is 16.3 Å². The van der Waals surface area contributed by atoms with Gasteiger partial charge in [-0.05, 0) is 31.5 Å². The van der Waals surface area contributed by atoms with Crippen molar-refractivity contribution < 1.29 is 9.53 Å². The van der Waals surface area contributed by atoms with Crippen molar-refractivity contribution in [3.63, 3.8) is 0 Å². The second-order valence-electron chi connectivity index (χ2n) is 5.97. The fourth-order valence-corrected chi connectivity index (χ4v) is 3.12. The Morgan fingerprint density at radius 3 is 2.50 bits per heavy atom. The maximum atomic E-state index is 13.2. The number of carbonyl (C=O) groups excluding carboxylic acids is 1. The van der Waals surface area contributed by atoms with Gasteiger partial charge in [-0.15, -0.1) is 0 Å². The van der Waals surface area contributed by atoms with Crippen molar-refractivity contribution >= 4 is 23.2 Å². The normalized spacial score (nSPS) is 10.2. The number of aryl methyl sites for hydroxylation is 1. The van der Waals surface area contributed by atoms with E-state index in [1.807, 2.05) is 37.3 Å². The standard InChI is InChI=1S/C22H18ClN3O2/c1-3-28-22-16(13-24)20(15-9-5-4-6-10-15)19(14(2)25-22)21(27)26-18-12-8-7-11-17(18)23/h4-12H,3H2,1-2H3,(H,26,27). The second-order valence-corrected chi connectivity index (χ2v) is 6.38. The molecule has 0 fully saturated rings. The number of nitrogens with zero attached hydrogens (tertiary/aromatic N) is 2. The minimum atomic E-state index is -0.392. The summed E-state index contributed by atoms with van der Waals surface area (Å²) in [6, 6.07) is 18.4. The molecule has 0 aliphatic rings. The molecular formula is C22H18ClN3O2. The zero-order valence-electron chi connectivity index (χ0n) is 15.5. The van der Waals surface area contributed by atoms with Crippen LogP contribution < -0.4 is 10.1 Å². The lowest BCUT2D eigenvalue weighted by molar-refractivity contribution is 0.102. The molecule has 2 aromatic carbocycles. The summed E-state index contributed by atoms with van der Waals surface area (Å²) in [6.45, 7) is 3.90. The van der Waals surface area contributed by atoms with Gasteiger partial charge in [0.25, 0.3) is 5.91 Å². The highest BCUT2D eigenvalue weighted by Crippen LogP contribution is 2.35. The zero-order valence-corrected chi connectivity index (χ0v) is 16.2. The largest absolute Gasteiger partial charge is 0.477 e. The Labute approximate surface area is 168 Å². The number of nitriles is 1. The lowest BCUT2D eigenvalue weighted by Crippen LogP contribution is -2.17. The average Bonchev–Trinajstić information content (AvgIpc) is 2.70. The Hall–Kier alpha value is -3.36. The third-order valence-electron chi connectivity index (χ3n) is 4.15. The zero-order chi connectivity index (χ0) is 20.1. The van der Waals surface area contributed by atoms with Crippen LogP contribution in [-0.4, -0.2) is 17.5 Å². The van der Waals surface area contributed by atoms with E-state index in [1.54, 1.807) is 31.2 Å². The molecule has 0 radical (unpaired) electrons. The Bertz CT molecular complexity index is 1060. The van der Waals surface area contributed by atoms with E-state index < -0.39 is 5.91 Å². The van der Waals surface area contributed by atoms with E-state index in [0.717, 1.165) is 5.56 Å². The number of benzene rings is 2. The smallest absolute Gasteiger partial charge is 0.258 e. The van der Waals surface area contributed by atoms with Crippen molar-refractivity contribution in [1.29, 1.82) is 5.26 Å². The van der Waals surface area contributed by atoms with Gasteiger partial charge < -0.3 is 10.1 Å². The first kappa shape index (κ1) is 19.4. The van der Waals surface area contributed by atoms with Gasteiger partial charge in [-0.3, -0.25) is 4.79 Å². The van der Waals surface area contributed by atoms with Gasteiger partial charge >= 0.3 is 0 Å². The van der Waals surface area contributed by atoms with Gasteiger partial charge in [0.05, 0.1) is 28.6 Å². The highest BCUT2D eigenvalue weighted by molar-refractivity contribution is 6.34. The Morgan fingerprint density at radius 2 is 1.86 bits per heavy atom. The van der Waals surface area contributed by atoms with Crippen LogP contribution in [0.15, 0.2) is 54.6 Å². The maximum absolute atomic E-state index is 13.2. The summed E-state index contributed by atoms with van der Waals surface area (Å²) in [5.41, 5.74) is 2.71. The van der Waals surface area contributed by atoms with Gasteiger partial charge in [-0.2, -0.15) is 5.26 Å². The number of halogens is 1. The number of aromatic nitrogens is 1. The molecule has 0 unspecified atom stereocenters. The van der Waals surface area contributed by atoms with Gasteiger partial charge in [-0.25, -0.2) is 4.98 Å². The molecule has 0 saturated carbocycles. The Morgan fingerprint density at radius 1 is 1.18 bits per heavy atom. The number of ether oxygens (including phenoxy) is 1. The van der Waals surface area contributed by atoms with Crippen LogP contribution in [0.1, 0.15) is 28.5 Å². The molecule has 0 aliphatic carbocycles. The lowest BCUT2D eigenvalue weighted by atomic mass is 9.94. The van der Waals surface area contributed by atoms with Gasteiger partial charge in [0.2, 0.25) is 5.88 Å². The van der Waals surface area contributed by atoms with E-state index in [2.05, 4.69) is 16.4 Å². The summed E-state index contributed by atoms with van der Waals surface area (Å²) in [6.07, 6.45) is 0. The number of anilines is 1. The van der Waals surface area contributed by atoms with Crippen LogP contribution in [0, 0.1) is 18.3 Å². The van der Waals surface area contributed by atoms with Crippen LogP contribution in [0.3, 0.4) is 0 Å². The van der Waals surface area contributed by atoms with Crippen LogP contribution >= 0.6 is 11.6 Å². The van der Waals surface area contributed by atoms with E-state index in [1.165, 1.54) is 0 Å². The molecule has 28 heavy (non-hydrogen) atoms. The number of nitrogens with one attached hydrogen (secondary N) is 1. The van der Waals surface area contributed by atoms with E-state index in [0.29, 0.717) is 34.1 Å². The third-order valence-corrected chi connectivity index (χ3v) is 4.48. The fourth-order valence-electron chi connectivity index (χ4n) is 2.94. The van der Waals surface area contributed by atoms with Gasteiger partial charge in [0, 0.05) is 5.56 Å². The number of hydrogen-bond acceptors (Lipinski definition) is 4. The summed E-state index contributed by atoms with van der Waals surface area (Å²) < 4.78 is 5.56. The predicted molar refractivity (Wildman–Crippen MR) is 110 cm³/mol. The molecule has 3 aromatic rings. The molecular weight excluding hydrogens is 374 g/mol. The van der Waals surface area contributed by atoms with Crippen molar-refractivity contribution in [3.8, 4) is 23.1 Å². The van der Waals surface area contributed by atoms with Crippen molar-refractivity contribution in [2.24, 2.45) is 0 Å². The molecule has 0 spiro atoms. The first-order valence-electron chi connectivity index (χ1n) is 8.75.